The van der Waals surface area contributed by atoms with Crippen LogP contribution in [0.3, 0.4) is 0 Å². The number of anilines is 2. The van der Waals surface area contributed by atoms with Crippen LogP contribution in [0.25, 0.3) is 11.3 Å². The maximum absolute atomic E-state index is 11.9. The van der Waals surface area contributed by atoms with Gasteiger partial charge >= 0.3 is 5.97 Å². The van der Waals surface area contributed by atoms with Crippen molar-refractivity contribution in [2.75, 3.05) is 31.8 Å². The SMILES string of the molecule is CNCCCC(=O)Nc1cccc(-c2cnc(N)c(C(=O)OC)n2)c1. The minimum atomic E-state index is -0.652. The van der Waals surface area contributed by atoms with Crippen molar-refractivity contribution in [3.8, 4) is 11.3 Å². The van der Waals surface area contributed by atoms with Crippen LogP contribution in [-0.4, -0.2) is 42.5 Å². The second-order valence-electron chi connectivity index (χ2n) is 5.32. The Bertz CT molecular complexity index is 764. The number of nitrogens with zero attached hydrogens (tertiary/aromatic N) is 2. The molecular weight excluding hydrogens is 322 g/mol. The molecule has 1 amide bonds. The number of benzene rings is 1. The van der Waals surface area contributed by atoms with Gasteiger partial charge in [-0.3, -0.25) is 4.79 Å². The fraction of sp³-hybridized carbons (Fsp3) is 0.294. The highest BCUT2D eigenvalue weighted by atomic mass is 16.5. The zero-order chi connectivity index (χ0) is 18.2. The van der Waals surface area contributed by atoms with Gasteiger partial charge in [0.1, 0.15) is 0 Å². The number of methoxy groups -OCH3 is 1. The lowest BCUT2D eigenvalue weighted by Crippen LogP contribution is -2.15. The summed E-state index contributed by atoms with van der Waals surface area (Å²) in [4.78, 5) is 31.8. The van der Waals surface area contributed by atoms with Crippen molar-refractivity contribution in [2.45, 2.75) is 12.8 Å². The minimum Gasteiger partial charge on any atom is -0.464 e. The van der Waals surface area contributed by atoms with Crippen LogP contribution in [0.15, 0.2) is 30.5 Å². The van der Waals surface area contributed by atoms with Gasteiger partial charge in [0.15, 0.2) is 11.5 Å². The highest BCUT2D eigenvalue weighted by Crippen LogP contribution is 2.22. The smallest absolute Gasteiger partial charge is 0.360 e. The van der Waals surface area contributed by atoms with Crippen LogP contribution in [0.5, 0.6) is 0 Å². The van der Waals surface area contributed by atoms with Crippen molar-refractivity contribution in [3.05, 3.63) is 36.2 Å². The molecule has 0 aliphatic carbocycles. The summed E-state index contributed by atoms with van der Waals surface area (Å²) >= 11 is 0. The van der Waals surface area contributed by atoms with E-state index in [0.717, 1.165) is 13.0 Å². The minimum absolute atomic E-state index is 0.00425. The topological polar surface area (TPSA) is 119 Å². The highest BCUT2D eigenvalue weighted by molar-refractivity contribution is 5.93. The van der Waals surface area contributed by atoms with Crippen LogP contribution >= 0.6 is 0 Å². The fourth-order valence-electron chi connectivity index (χ4n) is 2.19. The predicted molar refractivity (Wildman–Crippen MR) is 95.0 cm³/mol. The Kier molecular flexibility index (Phi) is 6.41. The molecule has 0 saturated carbocycles. The van der Waals surface area contributed by atoms with E-state index < -0.39 is 5.97 Å². The van der Waals surface area contributed by atoms with E-state index in [1.54, 1.807) is 24.3 Å². The van der Waals surface area contributed by atoms with E-state index in [4.69, 9.17) is 5.73 Å². The molecule has 1 heterocycles. The number of nitrogens with one attached hydrogen (secondary N) is 2. The number of carbonyl (C=O) groups is 2. The third kappa shape index (κ3) is 4.98. The molecule has 8 nitrogen and oxygen atoms in total. The van der Waals surface area contributed by atoms with Gasteiger partial charge < -0.3 is 21.1 Å². The molecule has 0 aliphatic rings. The van der Waals surface area contributed by atoms with E-state index in [2.05, 4.69) is 25.3 Å². The second kappa shape index (κ2) is 8.74. The van der Waals surface area contributed by atoms with Gasteiger partial charge in [-0.25, -0.2) is 14.8 Å². The Morgan fingerprint density at radius 3 is 2.84 bits per heavy atom. The number of nitrogen functional groups attached to an aromatic ring is 1. The molecule has 4 N–H and O–H groups in total. The molecule has 1 aromatic heterocycles. The number of nitrogens with two attached hydrogens (primary N) is 1. The molecule has 2 aromatic rings. The molecule has 132 valence electrons. The van der Waals surface area contributed by atoms with Crippen molar-refractivity contribution in [2.24, 2.45) is 0 Å². The largest absolute Gasteiger partial charge is 0.464 e. The van der Waals surface area contributed by atoms with Crippen molar-refractivity contribution in [1.29, 1.82) is 0 Å². The molecule has 0 aliphatic heterocycles. The third-order valence-corrected chi connectivity index (χ3v) is 3.45. The number of ether oxygens (including phenoxy) is 1. The summed E-state index contributed by atoms with van der Waals surface area (Å²) in [7, 11) is 3.10. The summed E-state index contributed by atoms with van der Waals surface area (Å²) < 4.78 is 4.65. The Balaban J connectivity index is 2.18. The van der Waals surface area contributed by atoms with Crippen molar-refractivity contribution < 1.29 is 14.3 Å². The van der Waals surface area contributed by atoms with E-state index >= 15 is 0 Å². The van der Waals surface area contributed by atoms with Gasteiger partial charge in [0.25, 0.3) is 0 Å². The van der Waals surface area contributed by atoms with E-state index in [1.165, 1.54) is 13.3 Å². The van der Waals surface area contributed by atoms with E-state index in [9.17, 15) is 9.59 Å². The lowest BCUT2D eigenvalue weighted by molar-refractivity contribution is -0.116. The van der Waals surface area contributed by atoms with Crippen molar-refractivity contribution >= 4 is 23.4 Å². The van der Waals surface area contributed by atoms with Gasteiger partial charge in [0.05, 0.1) is 19.0 Å². The zero-order valence-electron chi connectivity index (χ0n) is 14.2. The number of aromatic nitrogens is 2. The van der Waals surface area contributed by atoms with Gasteiger partial charge in [0, 0.05) is 17.7 Å². The number of hydrogen-bond donors (Lipinski definition) is 3. The average Bonchev–Trinajstić information content (AvgIpc) is 2.62. The highest BCUT2D eigenvalue weighted by Gasteiger charge is 2.15. The summed E-state index contributed by atoms with van der Waals surface area (Å²) in [5.74, 6) is -0.712. The predicted octanol–water partition coefficient (Wildman–Crippen LogP) is 1.45. The Labute approximate surface area is 145 Å². The van der Waals surface area contributed by atoms with E-state index in [-0.39, 0.29) is 17.4 Å². The average molecular weight is 343 g/mol. The molecule has 0 bridgehead atoms. The van der Waals surface area contributed by atoms with Gasteiger partial charge in [-0.1, -0.05) is 12.1 Å². The number of rotatable bonds is 7. The molecule has 2 rings (SSSR count). The summed E-state index contributed by atoms with van der Waals surface area (Å²) in [6, 6.07) is 7.13. The van der Waals surface area contributed by atoms with Crippen LogP contribution in [-0.2, 0) is 9.53 Å². The Morgan fingerprint density at radius 1 is 1.32 bits per heavy atom. The first-order valence-electron chi connectivity index (χ1n) is 7.81. The normalized spacial score (nSPS) is 10.3. The first-order chi connectivity index (χ1) is 12.0. The molecule has 8 heteroatoms. The van der Waals surface area contributed by atoms with E-state index in [0.29, 0.717) is 23.4 Å². The molecular formula is C17H21N5O3. The summed E-state index contributed by atoms with van der Waals surface area (Å²) in [5, 5.41) is 5.84. The molecule has 0 radical (unpaired) electrons. The molecule has 25 heavy (non-hydrogen) atoms. The first kappa shape index (κ1) is 18.3. The second-order valence-corrected chi connectivity index (χ2v) is 5.32. The maximum Gasteiger partial charge on any atom is 0.360 e. The number of carbonyl (C=O) groups excluding carboxylic acids is 2. The fourth-order valence-corrected chi connectivity index (χ4v) is 2.19. The van der Waals surface area contributed by atoms with Crippen LogP contribution in [0, 0.1) is 0 Å². The molecule has 0 saturated heterocycles. The van der Waals surface area contributed by atoms with Crippen molar-refractivity contribution in [3.63, 3.8) is 0 Å². The molecule has 0 fully saturated rings. The molecule has 0 spiro atoms. The van der Waals surface area contributed by atoms with Gasteiger partial charge in [0.2, 0.25) is 5.91 Å². The molecule has 1 aromatic carbocycles. The first-order valence-corrected chi connectivity index (χ1v) is 7.81. The summed E-state index contributed by atoms with van der Waals surface area (Å²) in [6.07, 6.45) is 2.66. The maximum atomic E-state index is 11.9. The standard InChI is InChI=1S/C17H21N5O3/c1-19-8-4-7-14(23)21-12-6-3-5-11(9-12)13-10-20-16(18)15(22-13)17(24)25-2/h3,5-6,9-10,19H,4,7-8H2,1-2H3,(H2,18,20)(H,21,23). The lowest BCUT2D eigenvalue weighted by Gasteiger charge is -2.09. The lowest BCUT2D eigenvalue weighted by atomic mass is 10.1. The number of hydrogen-bond acceptors (Lipinski definition) is 7. The van der Waals surface area contributed by atoms with Gasteiger partial charge in [-0.2, -0.15) is 0 Å². The van der Waals surface area contributed by atoms with Gasteiger partial charge in [-0.05, 0) is 32.1 Å². The van der Waals surface area contributed by atoms with E-state index in [1.807, 2.05) is 7.05 Å². The quantitative estimate of drug-likeness (QED) is 0.514. The van der Waals surface area contributed by atoms with Crippen molar-refractivity contribution in [1.82, 2.24) is 15.3 Å². The molecule has 0 atom stereocenters. The summed E-state index contributed by atoms with van der Waals surface area (Å²) in [6.45, 7) is 0.783. The Hall–Kier alpha value is -3.00. The number of esters is 1. The third-order valence-electron chi connectivity index (χ3n) is 3.45. The monoisotopic (exact) mass is 343 g/mol. The van der Waals surface area contributed by atoms with Crippen LogP contribution in [0.1, 0.15) is 23.3 Å². The zero-order valence-corrected chi connectivity index (χ0v) is 14.2. The Morgan fingerprint density at radius 2 is 2.12 bits per heavy atom. The van der Waals surface area contributed by atoms with Crippen LogP contribution < -0.4 is 16.4 Å². The number of amides is 1. The van der Waals surface area contributed by atoms with Crippen LogP contribution in [0.4, 0.5) is 11.5 Å². The molecule has 0 unspecified atom stereocenters. The summed E-state index contributed by atoms with van der Waals surface area (Å²) in [5.41, 5.74) is 7.42. The van der Waals surface area contributed by atoms with Crippen LogP contribution in [0.2, 0.25) is 0 Å². The van der Waals surface area contributed by atoms with Gasteiger partial charge in [-0.15, -0.1) is 0 Å².